The first-order chi connectivity index (χ1) is 16.1. The number of anilines is 1. The Bertz CT molecular complexity index is 938. The number of hydrogen-bond donors (Lipinski definition) is 1. The van der Waals surface area contributed by atoms with Crippen LogP contribution in [-0.4, -0.2) is 71.3 Å². The lowest BCUT2D eigenvalue weighted by Crippen LogP contribution is -2.58. The van der Waals surface area contributed by atoms with Crippen molar-refractivity contribution in [1.29, 1.82) is 0 Å². The Morgan fingerprint density at radius 3 is 2.44 bits per heavy atom. The average molecular weight is 481 g/mol. The quantitative estimate of drug-likeness (QED) is 0.694. The molecule has 1 saturated carbocycles. The van der Waals surface area contributed by atoms with Gasteiger partial charge in [0.15, 0.2) is 0 Å². The van der Waals surface area contributed by atoms with Gasteiger partial charge in [0.25, 0.3) is 0 Å². The number of benzene rings is 1. The van der Waals surface area contributed by atoms with Gasteiger partial charge in [0.2, 0.25) is 11.8 Å². The minimum absolute atomic E-state index is 0.0192. The molecule has 1 unspecified atom stereocenters. The first kappa shape index (κ1) is 24.3. The molecule has 186 valence electrons. The topological polar surface area (TPSA) is 73.0 Å². The van der Waals surface area contributed by atoms with E-state index in [0.717, 1.165) is 38.1 Å². The van der Waals surface area contributed by atoms with Crippen LogP contribution in [0.25, 0.3) is 0 Å². The Hall–Kier alpha value is -2.78. The highest BCUT2D eigenvalue weighted by molar-refractivity contribution is 5.94. The fourth-order valence-corrected chi connectivity index (χ4v) is 4.88. The molecule has 7 nitrogen and oxygen atoms in total. The van der Waals surface area contributed by atoms with Gasteiger partial charge in [-0.25, -0.2) is 4.79 Å². The number of nitrogens with one attached hydrogen (secondary N) is 1. The van der Waals surface area contributed by atoms with Gasteiger partial charge in [0.05, 0.1) is 5.56 Å². The van der Waals surface area contributed by atoms with Crippen LogP contribution in [0.3, 0.4) is 0 Å². The van der Waals surface area contributed by atoms with Crippen molar-refractivity contribution < 1.29 is 27.6 Å². The van der Waals surface area contributed by atoms with Crippen molar-refractivity contribution in [2.24, 2.45) is 5.41 Å². The largest absolute Gasteiger partial charge is 0.416 e. The van der Waals surface area contributed by atoms with E-state index in [1.54, 1.807) is 11.8 Å². The van der Waals surface area contributed by atoms with Crippen molar-refractivity contribution in [3.05, 3.63) is 29.8 Å². The molecule has 0 aromatic heterocycles. The van der Waals surface area contributed by atoms with Crippen molar-refractivity contribution in [2.45, 2.75) is 57.7 Å². The number of rotatable bonds is 5. The summed E-state index contributed by atoms with van der Waals surface area (Å²) in [6.45, 7) is 4.28. The zero-order chi connectivity index (χ0) is 24.5. The van der Waals surface area contributed by atoms with Crippen LogP contribution in [0.15, 0.2) is 24.3 Å². The van der Waals surface area contributed by atoms with E-state index < -0.39 is 23.8 Å². The minimum Gasteiger partial charge on any atom is -0.343 e. The zero-order valence-corrected chi connectivity index (χ0v) is 19.4. The number of halogens is 3. The molecule has 1 atom stereocenters. The van der Waals surface area contributed by atoms with Crippen molar-refractivity contribution in [2.75, 3.05) is 38.0 Å². The molecule has 10 heteroatoms. The third-order valence-electron chi connectivity index (χ3n) is 7.40. The van der Waals surface area contributed by atoms with Gasteiger partial charge in [-0.1, -0.05) is 6.07 Å². The number of likely N-dealkylation sites (tertiary alicyclic amines) is 1. The van der Waals surface area contributed by atoms with Crippen molar-refractivity contribution in [3.8, 4) is 0 Å². The van der Waals surface area contributed by atoms with E-state index in [9.17, 15) is 27.6 Å². The number of urea groups is 1. The second-order valence-corrected chi connectivity index (χ2v) is 9.69. The lowest BCUT2D eigenvalue weighted by atomic mass is 9.93. The van der Waals surface area contributed by atoms with Gasteiger partial charge in [-0.2, -0.15) is 13.2 Å². The molecule has 0 bridgehead atoms. The van der Waals surface area contributed by atoms with Gasteiger partial charge >= 0.3 is 12.2 Å². The minimum atomic E-state index is -4.51. The van der Waals surface area contributed by atoms with Crippen LogP contribution in [0.2, 0.25) is 0 Å². The summed E-state index contributed by atoms with van der Waals surface area (Å²) in [5.41, 5.74) is -0.317. The summed E-state index contributed by atoms with van der Waals surface area (Å²) >= 11 is 0. The second kappa shape index (κ2) is 9.46. The molecule has 3 aliphatic rings. The molecule has 34 heavy (non-hydrogen) atoms. The second-order valence-electron chi connectivity index (χ2n) is 9.69. The molecule has 1 N–H and O–H groups in total. The smallest absolute Gasteiger partial charge is 0.343 e. The highest BCUT2D eigenvalue weighted by atomic mass is 19.4. The number of carbonyl (C=O) groups excluding carboxylic acids is 3. The summed E-state index contributed by atoms with van der Waals surface area (Å²) in [5, 5.41) is 2.46. The highest BCUT2D eigenvalue weighted by Crippen LogP contribution is 2.53. The zero-order valence-electron chi connectivity index (χ0n) is 19.4. The number of carbonyl (C=O) groups is 3. The van der Waals surface area contributed by atoms with E-state index in [1.165, 1.54) is 29.9 Å². The van der Waals surface area contributed by atoms with Gasteiger partial charge in [-0.15, -0.1) is 0 Å². The lowest BCUT2D eigenvalue weighted by molar-refractivity contribution is -0.140. The molecule has 0 radical (unpaired) electrons. The van der Waals surface area contributed by atoms with E-state index in [4.69, 9.17) is 0 Å². The normalized spacial score (nSPS) is 22.2. The molecule has 1 aromatic carbocycles. The molecular weight excluding hydrogens is 449 g/mol. The molecule has 2 aliphatic heterocycles. The molecule has 4 amide bonds. The monoisotopic (exact) mass is 480 g/mol. The van der Waals surface area contributed by atoms with E-state index in [-0.39, 0.29) is 24.0 Å². The van der Waals surface area contributed by atoms with Crippen LogP contribution >= 0.6 is 0 Å². The van der Waals surface area contributed by atoms with Crippen LogP contribution in [0.1, 0.15) is 51.0 Å². The maximum Gasteiger partial charge on any atom is 0.416 e. The number of nitrogens with zero attached hydrogens (tertiary/aromatic N) is 3. The van der Waals surface area contributed by atoms with Gasteiger partial charge in [-0.05, 0) is 62.6 Å². The van der Waals surface area contributed by atoms with E-state index in [1.807, 2.05) is 4.90 Å². The Kier molecular flexibility index (Phi) is 6.78. The van der Waals surface area contributed by atoms with Crippen LogP contribution < -0.4 is 5.32 Å². The van der Waals surface area contributed by atoms with E-state index in [2.05, 4.69) is 5.32 Å². The molecule has 1 aromatic rings. The number of piperazine rings is 1. The van der Waals surface area contributed by atoms with Crippen LogP contribution in [0, 0.1) is 5.41 Å². The Labute approximate surface area is 197 Å². The SMILES string of the molecule is CC1C(=O)N(CCCC(=O)N2CCC3(CC2)CC3)CCN1C(=O)Nc1cccc(C(F)(F)F)c1. The maximum atomic E-state index is 12.9. The van der Waals surface area contributed by atoms with Crippen LogP contribution in [0.5, 0.6) is 0 Å². The summed E-state index contributed by atoms with van der Waals surface area (Å²) in [6, 6.07) is 3.03. The first-order valence-corrected chi connectivity index (χ1v) is 11.9. The van der Waals surface area contributed by atoms with E-state index >= 15 is 0 Å². The maximum absolute atomic E-state index is 12.9. The predicted octanol–water partition coefficient (Wildman–Crippen LogP) is 3.95. The first-order valence-electron chi connectivity index (χ1n) is 11.9. The summed E-state index contributed by atoms with van der Waals surface area (Å²) in [5.74, 6) is -0.0957. The van der Waals surface area contributed by atoms with Gasteiger partial charge in [-0.3, -0.25) is 9.59 Å². The lowest BCUT2D eigenvalue weighted by Gasteiger charge is -2.39. The number of hydrogen-bond acceptors (Lipinski definition) is 3. The molecule has 4 rings (SSSR count). The molecule has 2 saturated heterocycles. The van der Waals surface area contributed by atoms with Gasteiger partial charge in [0, 0.05) is 44.8 Å². The third kappa shape index (κ3) is 5.47. The number of piperidine rings is 1. The van der Waals surface area contributed by atoms with Gasteiger partial charge in [0.1, 0.15) is 6.04 Å². The standard InChI is InChI=1S/C24H31F3N4O3/c1-17-21(33)30(11-3-6-20(32)29-12-9-23(7-8-23)10-13-29)14-15-31(17)22(34)28-19-5-2-4-18(16-19)24(25,26)27/h2,4-5,16-17H,3,6-15H2,1H3,(H,28,34). The summed E-state index contributed by atoms with van der Waals surface area (Å²) in [7, 11) is 0. The fraction of sp³-hybridized carbons (Fsp3) is 0.625. The molecular formula is C24H31F3N4O3. The molecule has 2 heterocycles. The summed E-state index contributed by atoms with van der Waals surface area (Å²) < 4.78 is 38.7. The van der Waals surface area contributed by atoms with Gasteiger partial charge < -0.3 is 20.0 Å². The Balaban J connectivity index is 1.23. The summed E-state index contributed by atoms with van der Waals surface area (Å²) in [4.78, 5) is 42.8. The fourth-order valence-electron chi connectivity index (χ4n) is 4.88. The van der Waals surface area contributed by atoms with Crippen molar-refractivity contribution in [1.82, 2.24) is 14.7 Å². The molecule has 3 fully saturated rings. The van der Waals surface area contributed by atoms with Crippen molar-refractivity contribution >= 4 is 23.5 Å². The molecule has 1 aliphatic carbocycles. The average Bonchev–Trinajstić information content (AvgIpc) is 3.55. The van der Waals surface area contributed by atoms with E-state index in [0.29, 0.717) is 31.3 Å². The highest BCUT2D eigenvalue weighted by Gasteiger charge is 2.45. The van der Waals surface area contributed by atoms with Crippen LogP contribution in [-0.2, 0) is 15.8 Å². The number of amides is 4. The Morgan fingerprint density at radius 1 is 1.09 bits per heavy atom. The van der Waals surface area contributed by atoms with Crippen LogP contribution in [0.4, 0.5) is 23.7 Å². The third-order valence-corrected chi connectivity index (χ3v) is 7.40. The predicted molar refractivity (Wildman–Crippen MR) is 120 cm³/mol. The Morgan fingerprint density at radius 2 is 1.79 bits per heavy atom. The molecule has 1 spiro atoms. The summed E-state index contributed by atoms with van der Waals surface area (Å²) in [6.07, 6.45) is 1.22. The van der Waals surface area contributed by atoms with Crippen molar-refractivity contribution in [3.63, 3.8) is 0 Å². The number of alkyl halides is 3.